The van der Waals surface area contributed by atoms with E-state index in [1.807, 2.05) is 13.8 Å². The number of ether oxygens (including phenoxy) is 1. The zero-order valence-corrected chi connectivity index (χ0v) is 13.5. The van der Waals surface area contributed by atoms with Crippen LogP contribution in [-0.2, 0) is 9.59 Å². The first kappa shape index (κ1) is 18.0. The van der Waals surface area contributed by atoms with E-state index in [4.69, 9.17) is 10.5 Å². The highest BCUT2D eigenvalue weighted by Crippen LogP contribution is 2.16. The van der Waals surface area contributed by atoms with E-state index in [9.17, 15) is 9.59 Å². The van der Waals surface area contributed by atoms with E-state index < -0.39 is 6.04 Å². The number of likely N-dealkylation sites (N-methyl/N-ethyl adjacent to an activating group) is 1. The van der Waals surface area contributed by atoms with Crippen molar-refractivity contribution in [1.29, 1.82) is 0 Å². The van der Waals surface area contributed by atoms with Crippen LogP contribution in [0.25, 0.3) is 0 Å². The van der Waals surface area contributed by atoms with E-state index in [1.165, 1.54) is 4.90 Å². The van der Waals surface area contributed by atoms with Crippen LogP contribution in [0.1, 0.15) is 26.7 Å². The van der Waals surface area contributed by atoms with Gasteiger partial charge in [0.25, 0.3) is 0 Å². The van der Waals surface area contributed by atoms with Crippen LogP contribution in [0.2, 0.25) is 0 Å². The number of anilines is 1. The maximum Gasteiger partial charge on any atom is 0.243 e. The predicted octanol–water partition coefficient (Wildman–Crippen LogP) is 1.61. The lowest BCUT2D eigenvalue weighted by atomic mass is 10.1. The van der Waals surface area contributed by atoms with Crippen molar-refractivity contribution in [2.24, 2.45) is 5.73 Å². The Labute approximate surface area is 131 Å². The van der Waals surface area contributed by atoms with Gasteiger partial charge < -0.3 is 20.7 Å². The summed E-state index contributed by atoms with van der Waals surface area (Å²) in [6.45, 7) is 4.24. The van der Waals surface area contributed by atoms with Gasteiger partial charge in [-0.25, -0.2) is 0 Å². The number of hydrogen-bond acceptors (Lipinski definition) is 4. The quantitative estimate of drug-likeness (QED) is 0.764. The fraction of sp³-hybridized carbons (Fsp3) is 0.500. The van der Waals surface area contributed by atoms with Gasteiger partial charge in [-0.05, 0) is 25.5 Å². The van der Waals surface area contributed by atoms with Gasteiger partial charge >= 0.3 is 0 Å². The molecule has 0 aromatic heterocycles. The van der Waals surface area contributed by atoms with E-state index >= 15 is 0 Å². The predicted molar refractivity (Wildman–Crippen MR) is 86.8 cm³/mol. The molecule has 0 spiro atoms. The van der Waals surface area contributed by atoms with Crippen LogP contribution in [-0.4, -0.2) is 43.0 Å². The second kappa shape index (κ2) is 9.04. The molecule has 0 bridgehead atoms. The van der Waals surface area contributed by atoms with Gasteiger partial charge in [0, 0.05) is 18.3 Å². The van der Waals surface area contributed by atoms with E-state index in [2.05, 4.69) is 5.32 Å². The third-order valence-corrected chi connectivity index (χ3v) is 3.30. The first-order valence-electron chi connectivity index (χ1n) is 7.50. The Morgan fingerprint density at radius 1 is 1.36 bits per heavy atom. The summed E-state index contributed by atoms with van der Waals surface area (Å²) in [5, 5.41) is 2.75. The lowest BCUT2D eigenvalue weighted by Gasteiger charge is -2.23. The van der Waals surface area contributed by atoms with Gasteiger partial charge in [-0.3, -0.25) is 9.59 Å². The molecule has 0 aliphatic heterocycles. The largest absolute Gasteiger partial charge is 0.497 e. The van der Waals surface area contributed by atoms with Crippen molar-refractivity contribution in [1.82, 2.24) is 4.90 Å². The summed E-state index contributed by atoms with van der Waals surface area (Å²) < 4.78 is 5.10. The molecule has 0 saturated carbocycles. The normalized spacial score (nSPS) is 11.6. The molecule has 0 heterocycles. The first-order valence-corrected chi connectivity index (χ1v) is 7.50. The highest BCUT2D eigenvalue weighted by Gasteiger charge is 2.21. The molecule has 1 rings (SSSR count). The number of nitrogens with zero attached hydrogens (tertiary/aromatic N) is 1. The minimum Gasteiger partial charge on any atom is -0.497 e. The first-order chi connectivity index (χ1) is 10.5. The average molecular weight is 307 g/mol. The minimum atomic E-state index is -0.547. The highest BCUT2D eigenvalue weighted by molar-refractivity contribution is 5.95. The third kappa shape index (κ3) is 5.37. The second-order valence-electron chi connectivity index (χ2n) is 5.03. The summed E-state index contributed by atoms with van der Waals surface area (Å²) in [5.41, 5.74) is 6.46. The third-order valence-electron chi connectivity index (χ3n) is 3.30. The van der Waals surface area contributed by atoms with E-state index in [-0.39, 0.29) is 18.4 Å². The number of amides is 2. The van der Waals surface area contributed by atoms with Crippen LogP contribution in [0, 0.1) is 0 Å². The molecule has 0 saturated heterocycles. The Morgan fingerprint density at radius 2 is 2.09 bits per heavy atom. The van der Waals surface area contributed by atoms with Crippen molar-refractivity contribution in [3.05, 3.63) is 24.3 Å². The number of carbonyl (C=O) groups is 2. The Balaban J connectivity index is 2.62. The summed E-state index contributed by atoms with van der Waals surface area (Å²) in [6, 6.07) is 6.52. The summed E-state index contributed by atoms with van der Waals surface area (Å²) in [5.74, 6) is 0.212. The molecule has 0 radical (unpaired) electrons. The fourth-order valence-corrected chi connectivity index (χ4v) is 2.09. The molecule has 1 aromatic rings. The average Bonchev–Trinajstić information content (AvgIpc) is 2.52. The van der Waals surface area contributed by atoms with Crippen molar-refractivity contribution in [2.75, 3.05) is 25.5 Å². The number of nitrogens with one attached hydrogen (secondary N) is 1. The highest BCUT2D eigenvalue weighted by atomic mass is 16.5. The molecule has 6 nitrogen and oxygen atoms in total. The topological polar surface area (TPSA) is 84.7 Å². The molecule has 0 aliphatic carbocycles. The molecular weight excluding hydrogens is 282 g/mol. The van der Waals surface area contributed by atoms with Crippen LogP contribution in [0.4, 0.5) is 5.69 Å². The van der Waals surface area contributed by atoms with Gasteiger partial charge in [0.05, 0.1) is 19.7 Å². The van der Waals surface area contributed by atoms with Crippen LogP contribution in [0.3, 0.4) is 0 Å². The standard InChI is InChI=1S/C16H25N3O3/c1-4-7-14(17)16(21)19(5-2)11-15(20)18-12-8-6-9-13(10-12)22-3/h6,8-10,14H,4-5,7,11,17H2,1-3H3,(H,18,20). The SMILES string of the molecule is CCCC(N)C(=O)N(CC)CC(=O)Nc1cccc(OC)c1. The van der Waals surface area contributed by atoms with E-state index in [0.29, 0.717) is 24.4 Å². The Hall–Kier alpha value is -2.08. The molecule has 1 atom stereocenters. The number of nitrogens with two attached hydrogens (primary N) is 1. The number of benzene rings is 1. The number of carbonyl (C=O) groups excluding carboxylic acids is 2. The summed E-state index contributed by atoms with van der Waals surface area (Å²) in [6.07, 6.45) is 1.45. The Bertz CT molecular complexity index is 505. The van der Waals surface area contributed by atoms with Crippen molar-refractivity contribution in [3.63, 3.8) is 0 Å². The van der Waals surface area contributed by atoms with Gasteiger partial charge in [0.1, 0.15) is 5.75 Å². The van der Waals surface area contributed by atoms with Gasteiger partial charge in [-0.1, -0.05) is 19.4 Å². The summed E-state index contributed by atoms with van der Waals surface area (Å²) in [4.78, 5) is 25.7. The molecular formula is C16H25N3O3. The molecule has 0 aliphatic rings. The molecule has 2 amide bonds. The van der Waals surface area contributed by atoms with Gasteiger partial charge in [-0.15, -0.1) is 0 Å². The number of rotatable bonds is 8. The van der Waals surface area contributed by atoms with Crippen molar-refractivity contribution < 1.29 is 14.3 Å². The molecule has 1 unspecified atom stereocenters. The van der Waals surface area contributed by atoms with Crippen molar-refractivity contribution in [3.8, 4) is 5.75 Å². The molecule has 0 fully saturated rings. The van der Waals surface area contributed by atoms with Gasteiger partial charge in [-0.2, -0.15) is 0 Å². The van der Waals surface area contributed by atoms with Gasteiger partial charge in [0.15, 0.2) is 0 Å². The molecule has 1 aromatic carbocycles. The summed E-state index contributed by atoms with van der Waals surface area (Å²) in [7, 11) is 1.56. The van der Waals surface area contributed by atoms with Gasteiger partial charge in [0.2, 0.25) is 11.8 Å². The van der Waals surface area contributed by atoms with E-state index in [1.54, 1.807) is 31.4 Å². The van der Waals surface area contributed by atoms with Crippen molar-refractivity contribution >= 4 is 17.5 Å². The lowest BCUT2D eigenvalue weighted by molar-refractivity contribution is -0.135. The van der Waals surface area contributed by atoms with Crippen LogP contribution in [0.5, 0.6) is 5.75 Å². The maximum atomic E-state index is 12.2. The Kier molecular flexibility index (Phi) is 7.39. The van der Waals surface area contributed by atoms with Crippen LogP contribution in [0.15, 0.2) is 24.3 Å². The van der Waals surface area contributed by atoms with Crippen molar-refractivity contribution in [2.45, 2.75) is 32.7 Å². The van der Waals surface area contributed by atoms with Crippen LogP contribution < -0.4 is 15.8 Å². The molecule has 3 N–H and O–H groups in total. The second-order valence-corrected chi connectivity index (χ2v) is 5.03. The summed E-state index contributed by atoms with van der Waals surface area (Å²) >= 11 is 0. The molecule has 6 heteroatoms. The Morgan fingerprint density at radius 3 is 2.68 bits per heavy atom. The molecule has 22 heavy (non-hydrogen) atoms. The lowest BCUT2D eigenvalue weighted by Crippen LogP contribution is -2.46. The maximum absolute atomic E-state index is 12.2. The fourth-order valence-electron chi connectivity index (χ4n) is 2.09. The zero-order valence-electron chi connectivity index (χ0n) is 13.5. The smallest absolute Gasteiger partial charge is 0.243 e. The number of methoxy groups -OCH3 is 1. The molecule has 122 valence electrons. The van der Waals surface area contributed by atoms with Crippen LogP contribution >= 0.6 is 0 Å². The zero-order chi connectivity index (χ0) is 16.5. The number of hydrogen-bond donors (Lipinski definition) is 2. The monoisotopic (exact) mass is 307 g/mol. The minimum absolute atomic E-state index is 0.00996. The van der Waals surface area contributed by atoms with E-state index in [0.717, 1.165) is 6.42 Å².